The molecular formula is C15H35N2P+2. The van der Waals surface area contributed by atoms with Gasteiger partial charge in [-0.3, -0.25) is 0 Å². The molecule has 0 aromatic heterocycles. The highest BCUT2D eigenvalue weighted by atomic mass is 31.2. The van der Waals surface area contributed by atoms with Crippen LogP contribution in [0.1, 0.15) is 69.2 Å². The Morgan fingerprint density at radius 1 is 0.833 bits per heavy atom. The minimum absolute atomic E-state index is 0.132. The van der Waals surface area contributed by atoms with E-state index in [0.29, 0.717) is 12.1 Å². The maximum absolute atomic E-state index is 6.94. The summed E-state index contributed by atoms with van der Waals surface area (Å²) in [6, 6.07) is 0.996. The fraction of sp³-hybridized carbons (Fsp3) is 0.933. The fourth-order valence-electron chi connectivity index (χ4n) is 2.43. The Hall–Kier alpha value is 0.0600. The first-order chi connectivity index (χ1) is 7.74. The van der Waals surface area contributed by atoms with Crippen LogP contribution in [0.15, 0.2) is 0 Å². The third kappa shape index (κ3) is 3.78. The van der Waals surface area contributed by atoms with Crippen molar-refractivity contribution in [3.05, 3.63) is 0 Å². The molecule has 0 unspecified atom stereocenters. The smallest absolute Gasteiger partial charge is 0.202 e. The van der Waals surface area contributed by atoms with Crippen molar-refractivity contribution in [3.63, 3.8) is 0 Å². The van der Waals surface area contributed by atoms with Crippen LogP contribution in [0.5, 0.6) is 0 Å². The zero-order chi connectivity index (χ0) is 14.9. The Morgan fingerprint density at radius 3 is 1.28 bits per heavy atom. The fourth-order valence-corrected chi connectivity index (χ4v) is 6.09. The zero-order valence-electron chi connectivity index (χ0n) is 14.2. The van der Waals surface area contributed by atoms with Crippen molar-refractivity contribution in [1.82, 2.24) is 0 Å². The molecule has 0 aromatic rings. The molecule has 0 aromatic carbocycles. The van der Waals surface area contributed by atoms with E-state index in [4.69, 9.17) is 5.50 Å². The first kappa shape index (κ1) is 18.1. The number of hydrogen-bond donors (Lipinski definition) is 1. The van der Waals surface area contributed by atoms with E-state index in [-0.39, 0.29) is 10.3 Å². The second-order valence-corrected chi connectivity index (χ2v) is 12.3. The average molecular weight is 274 g/mol. The highest BCUT2D eigenvalue weighted by Gasteiger charge is 2.58. The van der Waals surface area contributed by atoms with Gasteiger partial charge in [-0.2, -0.15) is 5.50 Å². The van der Waals surface area contributed by atoms with Crippen LogP contribution in [-0.4, -0.2) is 32.9 Å². The van der Waals surface area contributed by atoms with Crippen LogP contribution in [0.25, 0.3) is 0 Å². The Balaban J connectivity index is 5.86. The van der Waals surface area contributed by atoms with Gasteiger partial charge in [-0.25, -0.2) is 4.58 Å². The third-order valence-electron chi connectivity index (χ3n) is 3.73. The predicted molar refractivity (Wildman–Crippen MR) is 87.2 cm³/mol. The summed E-state index contributed by atoms with van der Waals surface area (Å²) in [5.74, 6) is 2.39. The maximum Gasteiger partial charge on any atom is 0.294 e. The Labute approximate surface area is 115 Å². The summed E-state index contributed by atoms with van der Waals surface area (Å²) in [4.78, 5) is 0. The molecule has 0 aliphatic heterocycles. The largest absolute Gasteiger partial charge is 0.294 e. The van der Waals surface area contributed by atoms with Crippen molar-refractivity contribution < 1.29 is 4.58 Å². The van der Waals surface area contributed by atoms with E-state index in [9.17, 15) is 0 Å². The summed E-state index contributed by atoms with van der Waals surface area (Å²) in [7, 11) is -1.70. The third-order valence-corrected chi connectivity index (χ3v) is 8.80. The topological polar surface area (TPSA) is 29.0 Å². The molecule has 0 bridgehead atoms. The minimum Gasteiger partial charge on any atom is -0.202 e. The molecule has 0 spiro atoms. The van der Waals surface area contributed by atoms with Gasteiger partial charge < -0.3 is 0 Å². The standard InChI is InChI=1S/C15H35N2P/c1-12(2)17(13(3)4)11-18(16,14(5,6)7)15(8,9)10/h11-13H,16H2,1-10H3/q+2. The molecule has 0 heterocycles. The highest BCUT2D eigenvalue weighted by Crippen LogP contribution is 2.68. The van der Waals surface area contributed by atoms with Crippen LogP contribution in [0.3, 0.4) is 0 Å². The van der Waals surface area contributed by atoms with Crippen LogP contribution < -0.4 is 5.50 Å². The molecule has 0 amide bonds. The van der Waals surface area contributed by atoms with Gasteiger partial charge in [0.15, 0.2) is 19.5 Å². The van der Waals surface area contributed by atoms with Crippen LogP contribution in [-0.2, 0) is 0 Å². The molecule has 0 radical (unpaired) electrons. The monoisotopic (exact) mass is 274 g/mol. The first-order valence-electron chi connectivity index (χ1n) is 7.05. The normalized spacial score (nSPS) is 14.3. The van der Waals surface area contributed by atoms with Gasteiger partial charge in [0.1, 0.15) is 0 Å². The van der Waals surface area contributed by atoms with Gasteiger partial charge in [0.25, 0.3) is 5.96 Å². The minimum atomic E-state index is -1.70. The summed E-state index contributed by atoms with van der Waals surface area (Å²) in [5.41, 5.74) is 6.94. The molecule has 0 aliphatic carbocycles. The van der Waals surface area contributed by atoms with Gasteiger partial charge in [-0.05, 0) is 69.2 Å². The van der Waals surface area contributed by atoms with Crippen molar-refractivity contribution in [2.75, 3.05) is 0 Å². The van der Waals surface area contributed by atoms with Gasteiger partial charge in [-0.1, -0.05) is 0 Å². The van der Waals surface area contributed by atoms with Crippen LogP contribution in [0, 0.1) is 0 Å². The van der Waals surface area contributed by atoms with Gasteiger partial charge in [0.2, 0.25) is 0 Å². The van der Waals surface area contributed by atoms with E-state index in [2.05, 4.69) is 79.8 Å². The molecule has 0 saturated carbocycles. The molecule has 0 aliphatic rings. The molecule has 0 saturated heterocycles. The number of nitrogens with two attached hydrogens (primary N) is 1. The number of rotatable bonds is 3. The molecule has 3 heteroatoms. The molecular weight excluding hydrogens is 239 g/mol. The first-order valence-corrected chi connectivity index (χ1v) is 8.97. The van der Waals surface area contributed by atoms with Crippen molar-refractivity contribution in [2.24, 2.45) is 5.50 Å². The summed E-state index contributed by atoms with van der Waals surface area (Å²) >= 11 is 0. The second kappa shape index (κ2) is 5.59. The van der Waals surface area contributed by atoms with Gasteiger partial charge in [0.05, 0.1) is 10.3 Å². The molecule has 2 nitrogen and oxygen atoms in total. The predicted octanol–water partition coefficient (Wildman–Crippen LogP) is 4.33. The Morgan fingerprint density at radius 2 is 1.11 bits per heavy atom. The maximum atomic E-state index is 6.94. The number of nitrogens with zero attached hydrogens (tertiary/aromatic N) is 1. The summed E-state index contributed by atoms with van der Waals surface area (Å²) in [5, 5.41) is 0.264. The summed E-state index contributed by atoms with van der Waals surface area (Å²) in [6.45, 7) is 22.6. The lowest BCUT2D eigenvalue weighted by Crippen LogP contribution is -2.43. The van der Waals surface area contributed by atoms with E-state index in [1.165, 1.54) is 0 Å². The molecule has 2 N–H and O–H groups in total. The molecule has 0 atom stereocenters. The van der Waals surface area contributed by atoms with Gasteiger partial charge >= 0.3 is 0 Å². The average Bonchev–Trinajstić information content (AvgIpc) is 2.08. The Kier molecular flexibility index (Phi) is 5.61. The van der Waals surface area contributed by atoms with E-state index in [1.807, 2.05) is 0 Å². The van der Waals surface area contributed by atoms with E-state index in [0.717, 1.165) is 0 Å². The highest BCUT2D eigenvalue weighted by molar-refractivity contribution is 7.89. The van der Waals surface area contributed by atoms with Crippen LogP contribution >= 0.6 is 7.41 Å². The van der Waals surface area contributed by atoms with Crippen molar-refractivity contribution in [2.45, 2.75) is 91.6 Å². The van der Waals surface area contributed by atoms with E-state index in [1.54, 1.807) is 0 Å². The van der Waals surface area contributed by atoms with Crippen molar-refractivity contribution in [1.29, 1.82) is 0 Å². The number of hydrogen-bond acceptors (Lipinski definition) is 1. The SMILES string of the molecule is CC(C)[N+](=C[P+](N)(C(C)(C)C)C(C)(C)C)C(C)C. The van der Waals surface area contributed by atoms with E-state index >= 15 is 0 Å². The summed E-state index contributed by atoms with van der Waals surface area (Å²) < 4.78 is 2.43. The molecule has 0 fully saturated rings. The zero-order valence-corrected chi connectivity index (χ0v) is 15.1. The molecule has 18 heavy (non-hydrogen) atoms. The van der Waals surface area contributed by atoms with Crippen molar-refractivity contribution >= 4 is 13.4 Å². The lowest BCUT2D eigenvalue weighted by molar-refractivity contribution is -0.581. The van der Waals surface area contributed by atoms with Crippen LogP contribution in [0.2, 0.25) is 0 Å². The van der Waals surface area contributed by atoms with Crippen molar-refractivity contribution in [3.8, 4) is 0 Å². The Bertz CT molecular complexity index is 279. The second-order valence-electron chi connectivity index (χ2n) is 7.87. The lowest BCUT2D eigenvalue weighted by atomic mass is 10.2. The van der Waals surface area contributed by atoms with Gasteiger partial charge in [-0.15, -0.1) is 0 Å². The molecule has 0 rings (SSSR count). The lowest BCUT2D eigenvalue weighted by Gasteiger charge is -2.38. The van der Waals surface area contributed by atoms with E-state index < -0.39 is 7.41 Å². The summed E-state index contributed by atoms with van der Waals surface area (Å²) in [6.07, 6.45) is 0. The quantitative estimate of drug-likeness (QED) is 0.463. The molecule has 108 valence electrons. The van der Waals surface area contributed by atoms with Crippen LogP contribution in [0.4, 0.5) is 0 Å². The van der Waals surface area contributed by atoms with Gasteiger partial charge in [0, 0.05) is 0 Å².